The number of pyridine rings is 1. The van der Waals surface area contributed by atoms with Crippen LogP contribution in [-0.2, 0) is 19.1 Å². The lowest BCUT2D eigenvalue weighted by molar-refractivity contribution is -0.139. The van der Waals surface area contributed by atoms with Gasteiger partial charge in [-0.05, 0) is 61.3 Å². The number of hydrogen-bond acceptors (Lipinski definition) is 4. The molecule has 11 heteroatoms. The topological polar surface area (TPSA) is 68.4 Å². The van der Waals surface area contributed by atoms with E-state index in [4.69, 9.17) is 0 Å². The number of H-pyrrole nitrogens is 1. The van der Waals surface area contributed by atoms with Crippen LogP contribution in [0.5, 0.6) is 0 Å². The quantitative estimate of drug-likeness (QED) is 0.457. The first-order chi connectivity index (χ1) is 16.6. The Labute approximate surface area is 196 Å². The molecule has 35 heavy (non-hydrogen) atoms. The van der Waals surface area contributed by atoms with Gasteiger partial charge in [0.2, 0.25) is 5.56 Å². The van der Waals surface area contributed by atoms with Crippen LogP contribution in [0.1, 0.15) is 33.6 Å². The number of anilines is 3. The summed E-state index contributed by atoms with van der Waals surface area (Å²) in [5, 5.41) is 3.17. The fourth-order valence-corrected chi connectivity index (χ4v) is 4.52. The molecule has 0 saturated carbocycles. The summed E-state index contributed by atoms with van der Waals surface area (Å²) in [5.74, 6) is -2.81. The minimum absolute atomic E-state index is 0.131. The number of aryl methyl sites for hydroxylation is 1. The number of carbonyl (C=O) groups excluding carboxylic acids is 1. The van der Waals surface area contributed by atoms with Crippen molar-refractivity contribution in [3.05, 3.63) is 86.8 Å². The smallest absolute Gasteiger partial charge is 0.323 e. The second-order valence-electron chi connectivity index (χ2n) is 8.39. The van der Waals surface area contributed by atoms with Crippen LogP contribution < -0.4 is 20.7 Å². The fraction of sp³-hybridized carbons (Fsp3) is 0.250. The van der Waals surface area contributed by atoms with Gasteiger partial charge >= 0.3 is 6.18 Å². The highest BCUT2D eigenvalue weighted by Crippen LogP contribution is 2.42. The number of alkyl halides is 3. The third-order valence-corrected chi connectivity index (χ3v) is 6.14. The van der Waals surface area contributed by atoms with E-state index < -0.39 is 29.3 Å². The molecule has 6 nitrogen and oxygen atoms in total. The maximum Gasteiger partial charge on any atom is 0.419 e. The molecule has 2 bridgehead atoms. The van der Waals surface area contributed by atoms with Gasteiger partial charge in [0.25, 0.3) is 5.91 Å². The van der Waals surface area contributed by atoms with Crippen molar-refractivity contribution < 1.29 is 26.7 Å². The number of carbonyl (C=O) groups is 1. The van der Waals surface area contributed by atoms with Crippen LogP contribution in [0.15, 0.2) is 47.3 Å². The number of benzene rings is 2. The normalized spacial score (nSPS) is 16.1. The Hall–Kier alpha value is -3.73. The second-order valence-corrected chi connectivity index (χ2v) is 8.39. The molecule has 0 fully saturated rings. The van der Waals surface area contributed by atoms with Gasteiger partial charge in [-0.15, -0.1) is 0 Å². The number of rotatable bonds is 0. The molecule has 0 spiro atoms. The van der Waals surface area contributed by atoms with Gasteiger partial charge in [0.05, 0.1) is 28.2 Å². The molecular formula is C24H19F5N4O2. The number of hydrogen-bond donors (Lipinski definition) is 2. The molecule has 0 aliphatic carbocycles. The van der Waals surface area contributed by atoms with Gasteiger partial charge in [-0.2, -0.15) is 13.2 Å². The number of aromatic nitrogens is 1. The third-order valence-electron chi connectivity index (χ3n) is 6.14. The van der Waals surface area contributed by atoms with Gasteiger partial charge in [0.1, 0.15) is 18.3 Å². The van der Waals surface area contributed by atoms with E-state index in [9.17, 15) is 31.5 Å². The van der Waals surface area contributed by atoms with Crippen LogP contribution in [0.2, 0.25) is 0 Å². The molecule has 1 amide bonds. The highest BCUT2D eigenvalue weighted by Gasteiger charge is 2.40. The molecule has 0 atom stereocenters. The third kappa shape index (κ3) is 4.16. The largest absolute Gasteiger partial charge is 0.419 e. The number of fused-ring (bicyclic) bond motifs is 8. The summed E-state index contributed by atoms with van der Waals surface area (Å²) in [5.41, 5.74) is -0.636. The lowest BCUT2D eigenvalue weighted by Gasteiger charge is -2.40. The molecule has 5 rings (SSSR count). The standard InChI is InChI=1S/C24H19F5N4O2/c25-14-3-4-19-13(8-14)2-1-7-30-11-18-20(5-6-22(34)31-18)33-12-32(19)21-10-16(24(27,28)29)17(26)9-15(21)23(33)35/h3-6,8-10,30H,1-2,7,11-12H2,(H,31,34). The summed E-state index contributed by atoms with van der Waals surface area (Å²) >= 11 is 0. The first kappa shape index (κ1) is 23.0. The van der Waals surface area contributed by atoms with E-state index in [0.717, 1.165) is 0 Å². The molecule has 3 aromatic rings. The van der Waals surface area contributed by atoms with Gasteiger partial charge in [-0.1, -0.05) is 0 Å². The van der Waals surface area contributed by atoms with Crippen molar-refractivity contribution in [1.82, 2.24) is 10.3 Å². The molecule has 3 heterocycles. The van der Waals surface area contributed by atoms with E-state index in [1.807, 2.05) is 0 Å². The molecular weight excluding hydrogens is 471 g/mol. The van der Waals surface area contributed by atoms with E-state index in [1.165, 1.54) is 40.1 Å². The molecule has 0 radical (unpaired) electrons. The van der Waals surface area contributed by atoms with Crippen molar-refractivity contribution in [2.45, 2.75) is 25.6 Å². The van der Waals surface area contributed by atoms with Gasteiger partial charge in [0, 0.05) is 18.3 Å². The Morgan fingerprint density at radius 1 is 0.886 bits per heavy atom. The Bertz CT molecular complexity index is 1390. The maximum atomic E-state index is 14.6. The average molecular weight is 490 g/mol. The van der Waals surface area contributed by atoms with E-state index in [0.29, 0.717) is 54.2 Å². The molecule has 182 valence electrons. The zero-order valence-electron chi connectivity index (χ0n) is 18.2. The van der Waals surface area contributed by atoms with Gasteiger partial charge in [-0.25, -0.2) is 8.78 Å². The van der Waals surface area contributed by atoms with E-state index >= 15 is 0 Å². The van der Waals surface area contributed by atoms with Crippen molar-refractivity contribution in [3.8, 4) is 0 Å². The minimum atomic E-state index is -4.98. The molecule has 1 aromatic heterocycles. The van der Waals surface area contributed by atoms with Gasteiger partial charge in [0.15, 0.2) is 0 Å². The molecule has 2 aliphatic rings. The zero-order chi connectivity index (χ0) is 24.9. The minimum Gasteiger partial charge on any atom is -0.323 e. The highest BCUT2D eigenvalue weighted by molar-refractivity contribution is 6.13. The summed E-state index contributed by atoms with van der Waals surface area (Å²) < 4.78 is 69.3. The Morgan fingerprint density at radius 2 is 1.66 bits per heavy atom. The number of amides is 1. The van der Waals surface area contributed by atoms with Crippen molar-refractivity contribution in [1.29, 1.82) is 0 Å². The zero-order valence-corrected chi connectivity index (χ0v) is 18.2. The summed E-state index contributed by atoms with van der Waals surface area (Å²) in [6, 6.07) is 7.80. The predicted octanol–water partition coefficient (Wildman–Crippen LogP) is 4.46. The van der Waals surface area contributed by atoms with Crippen LogP contribution in [0.25, 0.3) is 0 Å². The predicted molar refractivity (Wildman–Crippen MR) is 119 cm³/mol. The van der Waals surface area contributed by atoms with E-state index in [2.05, 4.69) is 10.3 Å². The summed E-state index contributed by atoms with van der Waals surface area (Å²) in [7, 11) is 0. The summed E-state index contributed by atoms with van der Waals surface area (Å²) in [6.45, 7) is 0.478. The Kier molecular flexibility index (Phi) is 5.59. The molecule has 0 unspecified atom stereocenters. The van der Waals surface area contributed by atoms with E-state index in [1.54, 1.807) is 0 Å². The van der Waals surface area contributed by atoms with Gasteiger partial charge in [-0.3, -0.25) is 14.5 Å². The molecule has 2 N–H and O–H groups in total. The average Bonchev–Trinajstić information content (AvgIpc) is 2.78. The second kappa shape index (κ2) is 8.49. The first-order valence-electron chi connectivity index (χ1n) is 10.8. The van der Waals surface area contributed by atoms with E-state index in [-0.39, 0.29) is 30.0 Å². The fourth-order valence-electron chi connectivity index (χ4n) is 4.52. The van der Waals surface area contributed by atoms with Crippen molar-refractivity contribution >= 4 is 23.0 Å². The number of nitrogens with one attached hydrogen (secondary N) is 2. The number of nitrogens with zero attached hydrogens (tertiary/aromatic N) is 2. The van der Waals surface area contributed by atoms with Crippen molar-refractivity contribution in [3.63, 3.8) is 0 Å². The Balaban J connectivity index is 1.78. The summed E-state index contributed by atoms with van der Waals surface area (Å²) in [6.07, 6.45) is -4.01. The Morgan fingerprint density at radius 3 is 2.43 bits per heavy atom. The lowest BCUT2D eigenvalue weighted by Crippen LogP contribution is -2.46. The monoisotopic (exact) mass is 490 g/mol. The SMILES string of the molecule is O=C1c2cc(F)c(C(F)(F)F)cc2N2CN1c1ccc(=O)[nH]c1CNCCCc1cc(F)ccc12. The van der Waals surface area contributed by atoms with Crippen LogP contribution in [-0.4, -0.2) is 24.1 Å². The van der Waals surface area contributed by atoms with Crippen molar-refractivity contribution in [2.24, 2.45) is 0 Å². The van der Waals surface area contributed by atoms with Crippen LogP contribution in [0.3, 0.4) is 0 Å². The number of halogens is 5. The summed E-state index contributed by atoms with van der Waals surface area (Å²) in [4.78, 5) is 30.8. The first-order valence-corrected chi connectivity index (χ1v) is 10.8. The van der Waals surface area contributed by atoms with Crippen molar-refractivity contribution in [2.75, 3.05) is 23.0 Å². The van der Waals surface area contributed by atoms with Gasteiger partial charge < -0.3 is 15.2 Å². The molecule has 2 aliphatic heterocycles. The van der Waals surface area contributed by atoms with Crippen LogP contribution in [0.4, 0.5) is 39.0 Å². The number of aromatic amines is 1. The van der Waals surface area contributed by atoms with Crippen LogP contribution in [0, 0.1) is 11.6 Å². The van der Waals surface area contributed by atoms with Crippen LogP contribution >= 0.6 is 0 Å². The highest BCUT2D eigenvalue weighted by atomic mass is 19.4. The lowest BCUT2D eigenvalue weighted by atomic mass is 9.99. The molecule has 0 saturated heterocycles. The molecule has 2 aromatic carbocycles. The maximum absolute atomic E-state index is 14.6.